The van der Waals surface area contributed by atoms with Gasteiger partial charge in [0.05, 0.1) is 4.92 Å². The van der Waals surface area contributed by atoms with Crippen molar-refractivity contribution in [1.82, 2.24) is 0 Å². The van der Waals surface area contributed by atoms with Crippen LogP contribution < -0.4 is 5.32 Å². The molecule has 0 aliphatic heterocycles. The molecule has 0 atom stereocenters. The molecule has 0 bridgehead atoms. The third-order valence-electron chi connectivity index (χ3n) is 3.59. The fraction of sp³-hybridized carbons (Fsp3) is 0.250. The molecular weight excluding hydrogens is 332 g/mol. The molecule has 0 fully saturated rings. The van der Waals surface area contributed by atoms with E-state index in [9.17, 15) is 10.1 Å². The number of halogens is 1. The van der Waals surface area contributed by atoms with E-state index in [1.807, 2.05) is 0 Å². The van der Waals surface area contributed by atoms with E-state index < -0.39 is 4.92 Å². The Hall–Kier alpha value is -1.88. The minimum atomic E-state index is -0.401. The highest BCUT2D eigenvalue weighted by atomic mass is 79.9. The van der Waals surface area contributed by atoms with E-state index >= 15 is 0 Å². The standard InChI is InChI=1S/C16H17BrN2O2/c1-10-6-12(3)13(7-11(10)2)9-18-16-5-4-14(19(20)21)8-15(16)17/h4-8,18H,9H2,1-3H3. The second-order valence-corrected chi connectivity index (χ2v) is 5.99. The number of nitrogens with one attached hydrogen (secondary N) is 1. The van der Waals surface area contributed by atoms with Crippen molar-refractivity contribution in [3.8, 4) is 0 Å². The highest BCUT2D eigenvalue weighted by Gasteiger charge is 2.09. The van der Waals surface area contributed by atoms with Crippen molar-refractivity contribution in [2.24, 2.45) is 0 Å². The lowest BCUT2D eigenvalue weighted by Crippen LogP contribution is -2.03. The van der Waals surface area contributed by atoms with Crippen molar-refractivity contribution in [3.05, 3.63) is 67.2 Å². The topological polar surface area (TPSA) is 55.2 Å². The third kappa shape index (κ3) is 3.61. The van der Waals surface area contributed by atoms with Gasteiger partial charge in [0, 0.05) is 28.8 Å². The van der Waals surface area contributed by atoms with E-state index in [1.54, 1.807) is 6.07 Å². The first-order chi connectivity index (χ1) is 9.88. The van der Waals surface area contributed by atoms with Crippen LogP contribution in [0.25, 0.3) is 0 Å². The number of aryl methyl sites for hydroxylation is 3. The van der Waals surface area contributed by atoms with E-state index in [1.165, 1.54) is 34.4 Å². The molecule has 0 saturated carbocycles. The fourth-order valence-corrected chi connectivity index (χ4v) is 2.67. The third-order valence-corrected chi connectivity index (χ3v) is 4.24. The average Bonchev–Trinajstić information content (AvgIpc) is 2.42. The van der Waals surface area contributed by atoms with Crippen LogP contribution in [0, 0.1) is 30.9 Å². The summed E-state index contributed by atoms with van der Waals surface area (Å²) in [5, 5.41) is 14.0. The van der Waals surface area contributed by atoms with Gasteiger partial charge in [0.2, 0.25) is 0 Å². The zero-order chi connectivity index (χ0) is 15.6. The lowest BCUT2D eigenvalue weighted by molar-refractivity contribution is -0.384. The normalized spacial score (nSPS) is 10.5. The number of nitro benzene ring substituents is 1. The van der Waals surface area contributed by atoms with Crippen LogP contribution in [-0.4, -0.2) is 4.92 Å². The van der Waals surface area contributed by atoms with Crippen LogP contribution in [0.3, 0.4) is 0 Å². The molecule has 2 aromatic rings. The molecule has 4 nitrogen and oxygen atoms in total. The summed E-state index contributed by atoms with van der Waals surface area (Å²) in [6, 6.07) is 9.09. The van der Waals surface area contributed by atoms with Gasteiger partial charge < -0.3 is 5.32 Å². The Labute approximate surface area is 132 Å². The number of hydrogen-bond acceptors (Lipinski definition) is 3. The summed E-state index contributed by atoms with van der Waals surface area (Å²) in [6.45, 7) is 6.98. The van der Waals surface area contributed by atoms with Gasteiger partial charge in [-0.3, -0.25) is 10.1 Å². The van der Waals surface area contributed by atoms with Gasteiger partial charge in [-0.2, -0.15) is 0 Å². The lowest BCUT2D eigenvalue weighted by atomic mass is 10.0. The van der Waals surface area contributed by atoms with Crippen LogP contribution in [0.1, 0.15) is 22.3 Å². The van der Waals surface area contributed by atoms with Crippen LogP contribution in [0.4, 0.5) is 11.4 Å². The molecule has 0 unspecified atom stereocenters. The van der Waals surface area contributed by atoms with E-state index in [2.05, 4.69) is 54.2 Å². The molecule has 0 amide bonds. The Bertz CT molecular complexity index is 699. The van der Waals surface area contributed by atoms with Crippen LogP contribution in [0.15, 0.2) is 34.8 Å². The van der Waals surface area contributed by atoms with Gasteiger partial charge in [-0.25, -0.2) is 0 Å². The molecule has 1 N–H and O–H groups in total. The number of nitrogens with zero attached hydrogens (tertiary/aromatic N) is 1. The van der Waals surface area contributed by atoms with E-state index in [-0.39, 0.29) is 5.69 Å². The summed E-state index contributed by atoms with van der Waals surface area (Å²) in [7, 11) is 0. The zero-order valence-electron chi connectivity index (χ0n) is 12.2. The Kier molecular flexibility index (Phi) is 4.63. The molecule has 0 aromatic heterocycles. The first kappa shape index (κ1) is 15.5. The summed E-state index contributed by atoms with van der Waals surface area (Å²) in [6.07, 6.45) is 0. The molecule has 0 heterocycles. The Morgan fingerprint density at radius 3 is 2.38 bits per heavy atom. The van der Waals surface area contributed by atoms with E-state index in [4.69, 9.17) is 0 Å². The quantitative estimate of drug-likeness (QED) is 0.631. The average molecular weight is 349 g/mol. The predicted molar refractivity (Wildman–Crippen MR) is 88.8 cm³/mol. The molecule has 0 aliphatic rings. The number of nitro groups is 1. The van der Waals surface area contributed by atoms with E-state index in [0.29, 0.717) is 11.0 Å². The fourth-order valence-electron chi connectivity index (χ4n) is 2.16. The molecule has 5 heteroatoms. The molecule has 21 heavy (non-hydrogen) atoms. The van der Waals surface area contributed by atoms with Gasteiger partial charge in [0.25, 0.3) is 5.69 Å². The number of anilines is 1. The number of benzene rings is 2. The number of rotatable bonds is 4. The molecule has 0 saturated heterocycles. The molecular formula is C16H17BrN2O2. The minimum Gasteiger partial charge on any atom is -0.380 e. The molecule has 0 spiro atoms. The van der Waals surface area contributed by atoms with Crippen LogP contribution >= 0.6 is 15.9 Å². The van der Waals surface area contributed by atoms with Crippen molar-refractivity contribution in [1.29, 1.82) is 0 Å². The molecule has 2 aromatic carbocycles. The summed E-state index contributed by atoms with van der Waals surface area (Å²) in [4.78, 5) is 10.3. The van der Waals surface area contributed by atoms with Gasteiger partial charge in [-0.15, -0.1) is 0 Å². The smallest absolute Gasteiger partial charge is 0.270 e. The molecule has 110 valence electrons. The zero-order valence-corrected chi connectivity index (χ0v) is 13.8. The maximum Gasteiger partial charge on any atom is 0.270 e. The van der Waals surface area contributed by atoms with Crippen molar-refractivity contribution in [2.45, 2.75) is 27.3 Å². The molecule has 0 radical (unpaired) electrons. The summed E-state index contributed by atoms with van der Waals surface area (Å²) in [5.41, 5.74) is 5.94. The Morgan fingerprint density at radius 2 is 1.76 bits per heavy atom. The second-order valence-electron chi connectivity index (χ2n) is 5.14. The van der Waals surface area contributed by atoms with Crippen molar-refractivity contribution in [2.75, 3.05) is 5.32 Å². The molecule has 2 rings (SSSR count). The summed E-state index contributed by atoms with van der Waals surface area (Å²) >= 11 is 3.37. The highest BCUT2D eigenvalue weighted by Crippen LogP contribution is 2.28. The Morgan fingerprint density at radius 1 is 1.10 bits per heavy atom. The van der Waals surface area contributed by atoms with Crippen molar-refractivity contribution < 1.29 is 4.92 Å². The van der Waals surface area contributed by atoms with Crippen LogP contribution in [-0.2, 0) is 6.54 Å². The monoisotopic (exact) mass is 348 g/mol. The van der Waals surface area contributed by atoms with Gasteiger partial charge in [-0.05, 0) is 65.0 Å². The first-order valence-electron chi connectivity index (χ1n) is 6.63. The maximum atomic E-state index is 10.7. The first-order valence-corrected chi connectivity index (χ1v) is 7.42. The van der Waals surface area contributed by atoms with Crippen molar-refractivity contribution >= 4 is 27.3 Å². The number of hydrogen-bond donors (Lipinski definition) is 1. The van der Waals surface area contributed by atoms with Crippen molar-refractivity contribution in [3.63, 3.8) is 0 Å². The summed E-state index contributed by atoms with van der Waals surface area (Å²) < 4.78 is 0.693. The van der Waals surface area contributed by atoms with E-state index in [0.717, 1.165) is 5.69 Å². The summed E-state index contributed by atoms with van der Waals surface area (Å²) in [5.74, 6) is 0. The maximum absolute atomic E-state index is 10.7. The highest BCUT2D eigenvalue weighted by molar-refractivity contribution is 9.10. The van der Waals surface area contributed by atoms with Crippen LogP contribution in [0.2, 0.25) is 0 Å². The lowest BCUT2D eigenvalue weighted by Gasteiger charge is -2.13. The predicted octanol–water partition coefficient (Wildman–Crippen LogP) is 4.89. The van der Waals surface area contributed by atoms with Gasteiger partial charge in [0.1, 0.15) is 0 Å². The largest absolute Gasteiger partial charge is 0.380 e. The van der Waals surface area contributed by atoms with Gasteiger partial charge in [-0.1, -0.05) is 12.1 Å². The number of non-ortho nitro benzene ring substituents is 1. The Balaban J connectivity index is 2.17. The SMILES string of the molecule is Cc1cc(C)c(CNc2ccc([N+](=O)[O-])cc2Br)cc1C. The second kappa shape index (κ2) is 6.26. The van der Waals surface area contributed by atoms with Crippen LogP contribution in [0.5, 0.6) is 0 Å². The van der Waals surface area contributed by atoms with Gasteiger partial charge in [0.15, 0.2) is 0 Å². The molecule has 0 aliphatic carbocycles. The minimum absolute atomic E-state index is 0.0785. The van der Waals surface area contributed by atoms with Gasteiger partial charge >= 0.3 is 0 Å².